The van der Waals surface area contributed by atoms with Crippen molar-refractivity contribution in [2.75, 3.05) is 24.4 Å². The van der Waals surface area contributed by atoms with Crippen LogP contribution in [0.1, 0.15) is 20.7 Å². The number of nitrogens with one attached hydrogen (secondary N) is 2. The van der Waals surface area contributed by atoms with Gasteiger partial charge in [0.05, 0.1) is 28.4 Å². The molecule has 0 heterocycles. The van der Waals surface area contributed by atoms with Crippen LogP contribution in [0.3, 0.4) is 0 Å². The van der Waals surface area contributed by atoms with Crippen molar-refractivity contribution in [3.8, 4) is 5.75 Å². The Kier molecular flexibility index (Phi) is 7.70. The zero-order chi connectivity index (χ0) is 23.1. The predicted octanol–water partition coefficient (Wildman–Crippen LogP) is 5.05. The van der Waals surface area contributed by atoms with E-state index in [-0.39, 0.29) is 16.5 Å². The van der Waals surface area contributed by atoms with Crippen molar-refractivity contribution < 1.29 is 23.9 Å². The highest BCUT2D eigenvalue weighted by molar-refractivity contribution is 6.42. The third-order valence-electron chi connectivity index (χ3n) is 4.28. The molecular weight excluding hydrogens is 455 g/mol. The number of benzene rings is 3. The van der Waals surface area contributed by atoms with Gasteiger partial charge in [0, 0.05) is 11.3 Å². The van der Waals surface area contributed by atoms with Gasteiger partial charge >= 0.3 is 5.97 Å². The number of hydrogen-bond donors (Lipinski definition) is 2. The lowest BCUT2D eigenvalue weighted by atomic mass is 10.2. The molecule has 0 aliphatic rings. The van der Waals surface area contributed by atoms with Crippen LogP contribution >= 0.6 is 23.2 Å². The van der Waals surface area contributed by atoms with Crippen LogP contribution < -0.4 is 15.4 Å². The molecule has 0 aliphatic carbocycles. The summed E-state index contributed by atoms with van der Waals surface area (Å²) in [5, 5.41) is 5.87. The molecule has 0 saturated heterocycles. The number of esters is 1. The molecule has 3 aromatic carbocycles. The van der Waals surface area contributed by atoms with E-state index < -0.39 is 18.5 Å². The van der Waals surface area contributed by atoms with Crippen LogP contribution in [0.4, 0.5) is 11.4 Å². The fourth-order valence-electron chi connectivity index (χ4n) is 2.68. The minimum Gasteiger partial charge on any atom is -0.495 e. The van der Waals surface area contributed by atoms with Crippen LogP contribution in [0.25, 0.3) is 0 Å². The number of anilines is 2. The third kappa shape index (κ3) is 6.00. The Labute approximate surface area is 194 Å². The molecule has 0 aromatic heterocycles. The normalized spacial score (nSPS) is 10.2. The smallest absolute Gasteiger partial charge is 0.338 e. The summed E-state index contributed by atoms with van der Waals surface area (Å²) in [6.45, 7) is -0.491. The van der Waals surface area contributed by atoms with Gasteiger partial charge in [-0.05, 0) is 54.6 Å². The molecule has 3 rings (SSSR count). The van der Waals surface area contributed by atoms with Crippen LogP contribution in [0, 0.1) is 0 Å². The standard InChI is InChI=1S/C23H18Cl2N2O5/c1-31-20-5-3-2-4-19(20)27-22(29)14-6-9-16(10-7-14)26-21(28)13-32-23(30)15-8-11-17(24)18(25)12-15/h2-12H,13H2,1H3,(H,26,28)(H,27,29). The van der Waals surface area contributed by atoms with Crippen molar-refractivity contribution in [1.29, 1.82) is 0 Å². The molecule has 0 saturated carbocycles. The number of para-hydroxylation sites is 2. The number of halogens is 2. The first-order valence-electron chi connectivity index (χ1n) is 9.34. The van der Waals surface area contributed by atoms with Crippen molar-refractivity contribution in [3.63, 3.8) is 0 Å². The summed E-state index contributed by atoms with van der Waals surface area (Å²) in [5.41, 5.74) is 1.55. The lowest BCUT2D eigenvalue weighted by Gasteiger charge is -2.10. The van der Waals surface area contributed by atoms with Crippen molar-refractivity contribution in [1.82, 2.24) is 0 Å². The summed E-state index contributed by atoms with van der Waals surface area (Å²) in [7, 11) is 1.52. The zero-order valence-corrected chi connectivity index (χ0v) is 18.4. The predicted molar refractivity (Wildman–Crippen MR) is 123 cm³/mol. The molecule has 7 nitrogen and oxygen atoms in total. The summed E-state index contributed by atoms with van der Waals surface area (Å²) < 4.78 is 10.2. The zero-order valence-electron chi connectivity index (χ0n) is 16.9. The molecule has 0 bridgehead atoms. The number of carbonyl (C=O) groups is 3. The number of carbonyl (C=O) groups excluding carboxylic acids is 3. The van der Waals surface area contributed by atoms with Crippen molar-refractivity contribution >= 4 is 52.4 Å². The summed E-state index contributed by atoms with van der Waals surface area (Å²) in [5.74, 6) is -1.03. The van der Waals surface area contributed by atoms with Crippen LogP contribution in [-0.2, 0) is 9.53 Å². The van der Waals surface area contributed by atoms with Crippen molar-refractivity contribution in [3.05, 3.63) is 87.9 Å². The maximum absolute atomic E-state index is 12.4. The average molecular weight is 473 g/mol. The Balaban J connectivity index is 1.53. The van der Waals surface area contributed by atoms with E-state index in [0.717, 1.165) is 0 Å². The van der Waals surface area contributed by atoms with E-state index in [4.69, 9.17) is 32.7 Å². The van der Waals surface area contributed by atoms with Gasteiger partial charge in [0.1, 0.15) is 5.75 Å². The summed E-state index contributed by atoms with van der Waals surface area (Å²) in [6, 6.07) is 17.6. The van der Waals surface area contributed by atoms with E-state index in [1.54, 1.807) is 48.5 Å². The largest absolute Gasteiger partial charge is 0.495 e. The van der Waals surface area contributed by atoms with Gasteiger partial charge in [-0.3, -0.25) is 9.59 Å². The van der Waals surface area contributed by atoms with E-state index in [0.29, 0.717) is 27.7 Å². The van der Waals surface area contributed by atoms with Gasteiger partial charge in [0.25, 0.3) is 11.8 Å². The van der Waals surface area contributed by atoms with Gasteiger partial charge in [0.15, 0.2) is 6.61 Å². The first kappa shape index (κ1) is 23.1. The second-order valence-electron chi connectivity index (χ2n) is 6.48. The van der Waals surface area contributed by atoms with Crippen LogP contribution in [0.2, 0.25) is 10.0 Å². The molecule has 3 aromatic rings. The van der Waals surface area contributed by atoms with Gasteiger partial charge in [0.2, 0.25) is 0 Å². The highest BCUT2D eigenvalue weighted by atomic mass is 35.5. The Hall–Kier alpha value is -3.55. The highest BCUT2D eigenvalue weighted by Crippen LogP contribution is 2.24. The lowest BCUT2D eigenvalue weighted by molar-refractivity contribution is -0.119. The number of ether oxygens (including phenoxy) is 2. The first-order valence-corrected chi connectivity index (χ1v) is 10.1. The maximum atomic E-state index is 12.4. The molecule has 0 spiro atoms. The first-order chi connectivity index (χ1) is 15.4. The topological polar surface area (TPSA) is 93.7 Å². The molecule has 0 radical (unpaired) electrons. The molecular formula is C23H18Cl2N2O5. The van der Waals surface area contributed by atoms with E-state index >= 15 is 0 Å². The van der Waals surface area contributed by atoms with Crippen molar-refractivity contribution in [2.45, 2.75) is 0 Å². The fourth-order valence-corrected chi connectivity index (χ4v) is 2.98. The number of amides is 2. The monoisotopic (exact) mass is 472 g/mol. The second kappa shape index (κ2) is 10.7. The maximum Gasteiger partial charge on any atom is 0.338 e. The van der Waals surface area contributed by atoms with Gasteiger partial charge in [-0.1, -0.05) is 35.3 Å². The lowest BCUT2D eigenvalue weighted by Crippen LogP contribution is -2.21. The Bertz CT molecular complexity index is 1150. The van der Waals surface area contributed by atoms with Crippen LogP contribution in [0.5, 0.6) is 5.75 Å². The number of methoxy groups -OCH3 is 1. The highest BCUT2D eigenvalue weighted by Gasteiger charge is 2.13. The molecule has 9 heteroatoms. The molecule has 32 heavy (non-hydrogen) atoms. The van der Waals surface area contributed by atoms with Gasteiger partial charge < -0.3 is 20.1 Å². The minimum atomic E-state index is -0.706. The molecule has 2 amide bonds. The van der Waals surface area contributed by atoms with Crippen LogP contribution in [-0.4, -0.2) is 31.5 Å². The van der Waals surface area contributed by atoms with Crippen LogP contribution in [0.15, 0.2) is 66.7 Å². The minimum absolute atomic E-state index is 0.178. The van der Waals surface area contributed by atoms with E-state index in [2.05, 4.69) is 10.6 Å². The molecule has 0 unspecified atom stereocenters. The summed E-state index contributed by atoms with van der Waals surface area (Å²) >= 11 is 11.7. The Morgan fingerprint density at radius 3 is 2.22 bits per heavy atom. The fraction of sp³-hybridized carbons (Fsp3) is 0.0870. The summed E-state index contributed by atoms with van der Waals surface area (Å²) in [6.07, 6.45) is 0. The third-order valence-corrected chi connectivity index (χ3v) is 5.01. The SMILES string of the molecule is COc1ccccc1NC(=O)c1ccc(NC(=O)COC(=O)c2ccc(Cl)c(Cl)c2)cc1. The Morgan fingerprint density at radius 1 is 0.844 bits per heavy atom. The second-order valence-corrected chi connectivity index (χ2v) is 7.30. The number of hydrogen-bond acceptors (Lipinski definition) is 5. The van der Waals surface area contributed by atoms with E-state index in [9.17, 15) is 14.4 Å². The van der Waals surface area contributed by atoms with Gasteiger partial charge in [-0.15, -0.1) is 0 Å². The van der Waals surface area contributed by atoms with Gasteiger partial charge in [-0.2, -0.15) is 0 Å². The molecule has 164 valence electrons. The quantitative estimate of drug-likeness (QED) is 0.469. The Morgan fingerprint density at radius 2 is 1.53 bits per heavy atom. The van der Waals surface area contributed by atoms with E-state index in [1.165, 1.54) is 25.3 Å². The molecule has 0 atom stereocenters. The molecule has 2 N–H and O–H groups in total. The number of rotatable bonds is 7. The van der Waals surface area contributed by atoms with Crippen molar-refractivity contribution in [2.24, 2.45) is 0 Å². The van der Waals surface area contributed by atoms with Gasteiger partial charge in [-0.25, -0.2) is 4.79 Å². The van der Waals surface area contributed by atoms with E-state index in [1.807, 2.05) is 0 Å². The summed E-state index contributed by atoms with van der Waals surface area (Å²) in [4.78, 5) is 36.5. The molecule has 0 aliphatic heterocycles. The molecule has 0 fully saturated rings. The average Bonchev–Trinajstić information content (AvgIpc) is 2.80.